The van der Waals surface area contributed by atoms with Gasteiger partial charge in [0.1, 0.15) is 5.01 Å². The van der Waals surface area contributed by atoms with E-state index < -0.39 is 0 Å². The smallest absolute Gasteiger partial charge is 0.168 e. The van der Waals surface area contributed by atoms with Crippen LogP contribution in [-0.4, -0.2) is 10.8 Å². The molecule has 0 radical (unpaired) electrons. The van der Waals surface area contributed by atoms with Crippen LogP contribution in [0.15, 0.2) is 51.6 Å². The third kappa shape index (κ3) is 3.06. The van der Waals surface area contributed by atoms with Gasteiger partial charge < -0.3 is 0 Å². The molecular formula is C15H10BrNOS2. The molecule has 0 N–H and O–H groups in total. The monoisotopic (exact) mass is 363 g/mol. The highest BCUT2D eigenvalue weighted by molar-refractivity contribution is 9.11. The molecular weight excluding hydrogens is 354 g/mol. The lowest BCUT2D eigenvalue weighted by atomic mass is 10.1. The molecule has 5 heteroatoms. The number of aromatic nitrogens is 1. The third-order valence-electron chi connectivity index (χ3n) is 2.77. The van der Waals surface area contributed by atoms with Crippen LogP contribution in [0.1, 0.15) is 16.1 Å². The first-order chi connectivity index (χ1) is 9.72. The molecule has 2 heterocycles. The summed E-state index contributed by atoms with van der Waals surface area (Å²) in [6, 6.07) is 13.4. The largest absolute Gasteiger partial charge is 0.294 e. The first kappa shape index (κ1) is 13.7. The second-order valence-corrected chi connectivity index (χ2v) is 7.53. The van der Waals surface area contributed by atoms with Crippen molar-refractivity contribution in [3.05, 3.63) is 62.9 Å². The van der Waals surface area contributed by atoms with Gasteiger partial charge in [-0.05, 0) is 28.1 Å². The van der Waals surface area contributed by atoms with Gasteiger partial charge in [0, 0.05) is 10.9 Å². The van der Waals surface area contributed by atoms with Gasteiger partial charge in [0.15, 0.2) is 5.78 Å². The number of carbonyl (C=O) groups excluding carboxylic acids is 1. The number of Topliss-reactive ketones (excluding diaryl/α,β-unsaturated/α-hetero) is 1. The van der Waals surface area contributed by atoms with Gasteiger partial charge in [-0.3, -0.25) is 4.79 Å². The fraction of sp³-hybridized carbons (Fsp3) is 0.0667. The number of ketones is 1. The van der Waals surface area contributed by atoms with E-state index in [2.05, 4.69) is 20.9 Å². The van der Waals surface area contributed by atoms with Crippen molar-refractivity contribution in [3.8, 4) is 9.88 Å². The second-order valence-electron chi connectivity index (χ2n) is 4.21. The van der Waals surface area contributed by atoms with Crippen LogP contribution >= 0.6 is 38.6 Å². The summed E-state index contributed by atoms with van der Waals surface area (Å²) >= 11 is 6.68. The van der Waals surface area contributed by atoms with E-state index in [-0.39, 0.29) is 5.78 Å². The lowest BCUT2D eigenvalue weighted by molar-refractivity contribution is 0.0992. The molecule has 0 spiro atoms. The van der Waals surface area contributed by atoms with Crippen LogP contribution in [-0.2, 0) is 6.42 Å². The van der Waals surface area contributed by atoms with Gasteiger partial charge in [-0.2, -0.15) is 0 Å². The van der Waals surface area contributed by atoms with Gasteiger partial charge in [-0.1, -0.05) is 30.3 Å². The highest BCUT2D eigenvalue weighted by Crippen LogP contribution is 2.33. The van der Waals surface area contributed by atoms with Gasteiger partial charge in [0.2, 0.25) is 0 Å². The predicted octanol–water partition coefficient (Wildman–Crippen LogP) is 5.06. The van der Waals surface area contributed by atoms with Gasteiger partial charge in [-0.15, -0.1) is 22.7 Å². The number of hydrogen-bond acceptors (Lipinski definition) is 4. The van der Waals surface area contributed by atoms with Gasteiger partial charge in [0.25, 0.3) is 0 Å². The van der Waals surface area contributed by atoms with Crippen molar-refractivity contribution in [1.82, 2.24) is 4.98 Å². The molecule has 0 saturated heterocycles. The Morgan fingerprint density at radius 2 is 1.95 bits per heavy atom. The zero-order chi connectivity index (χ0) is 13.9. The average molecular weight is 364 g/mol. The van der Waals surface area contributed by atoms with E-state index in [0.29, 0.717) is 6.42 Å². The summed E-state index contributed by atoms with van der Waals surface area (Å²) in [5.41, 5.74) is 1.57. The van der Waals surface area contributed by atoms with Crippen LogP contribution in [0.5, 0.6) is 0 Å². The molecule has 0 fully saturated rings. The molecule has 0 aliphatic heterocycles. The van der Waals surface area contributed by atoms with E-state index in [0.717, 1.165) is 24.9 Å². The number of nitrogens with zero attached hydrogens (tertiary/aromatic N) is 1. The van der Waals surface area contributed by atoms with Crippen molar-refractivity contribution >= 4 is 44.4 Å². The zero-order valence-electron chi connectivity index (χ0n) is 10.4. The minimum Gasteiger partial charge on any atom is -0.294 e. The Bertz CT molecular complexity index is 733. The highest BCUT2D eigenvalue weighted by Gasteiger charge is 2.11. The summed E-state index contributed by atoms with van der Waals surface area (Å²) in [5, 5.41) is 2.93. The molecule has 3 rings (SSSR count). The lowest BCUT2D eigenvalue weighted by Crippen LogP contribution is -2.03. The molecule has 0 saturated carbocycles. The molecule has 3 aromatic rings. The number of carbonyl (C=O) groups is 1. The summed E-state index contributed by atoms with van der Waals surface area (Å²) in [7, 11) is 0. The van der Waals surface area contributed by atoms with E-state index in [1.54, 1.807) is 22.7 Å². The van der Waals surface area contributed by atoms with Crippen LogP contribution in [0.4, 0.5) is 0 Å². The molecule has 0 aliphatic rings. The maximum Gasteiger partial charge on any atom is 0.168 e. The fourth-order valence-electron chi connectivity index (χ4n) is 1.82. The van der Waals surface area contributed by atoms with Crippen molar-refractivity contribution in [2.45, 2.75) is 6.42 Å². The lowest BCUT2D eigenvalue weighted by Gasteiger charge is -1.97. The van der Waals surface area contributed by atoms with Crippen LogP contribution < -0.4 is 0 Å². The molecule has 100 valence electrons. The van der Waals surface area contributed by atoms with Crippen molar-refractivity contribution in [2.24, 2.45) is 0 Å². The zero-order valence-corrected chi connectivity index (χ0v) is 13.6. The molecule has 2 aromatic heterocycles. The normalized spacial score (nSPS) is 10.7. The Morgan fingerprint density at radius 1 is 1.15 bits per heavy atom. The number of benzene rings is 1. The first-order valence-corrected chi connectivity index (χ1v) is 8.49. The Hall–Kier alpha value is -1.30. The Balaban J connectivity index is 1.76. The standard InChI is InChI=1S/C15H10BrNOS2/c16-14-7-6-13(20-14)15-17-11(9-19-15)8-12(18)10-4-2-1-3-5-10/h1-7,9H,8H2. The molecule has 1 aromatic carbocycles. The average Bonchev–Trinajstić information content (AvgIpc) is 3.09. The first-order valence-electron chi connectivity index (χ1n) is 6.01. The van der Waals surface area contributed by atoms with Crippen LogP contribution in [0.2, 0.25) is 0 Å². The molecule has 20 heavy (non-hydrogen) atoms. The summed E-state index contributed by atoms with van der Waals surface area (Å²) < 4.78 is 1.09. The second kappa shape index (κ2) is 5.99. The molecule has 0 aliphatic carbocycles. The Kier molecular flexibility index (Phi) is 4.10. The van der Waals surface area contributed by atoms with Gasteiger partial charge in [-0.25, -0.2) is 4.98 Å². The fourth-order valence-corrected chi connectivity index (χ4v) is 4.10. The molecule has 0 bridgehead atoms. The van der Waals surface area contributed by atoms with Crippen LogP contribution in [0.3, 0.4) is 0 Å². The summed E-state index contributed by atoms with van der Waals surface area (Å²) in [4.78, 5) is 17.8. The maximum atomic E-state index is 12.1. The summed E-state index contributed by atoms with van der Waals surface area (Å²) in [6.07, 6.45) is 0.354. The minimum absolute atomic E-state index is 0.106. The summed E-state index contributed by atoms with van der Waals surface area (Å²) in [6.45, 7) is 0. The summed E-state index contributed by atoms with van der Waals surface area (Å²) in [5.74, 6) is 0.106. The minimum atomic E-state index is 0.106. The number of rotatable bonds is 4. The van der Waals surface area contributed by atoms with E-state index in [9.17, 15) is 4.79 Å². The van der Waals surface area contributed by atoms with Crippen molar-refractivity contribution in [3.63, 3.8) is 0 Å². The topological polar surface area (TPSA) is 30.0 Å². The SMILES string of the molecule is O=C(Cc1csc(-c2ccc(Br)s2)n1)c1ccccc1. The van der Waals surface area contributed by atoms with Crippen molar-refractivity contribution in [2.75, 3.05) is 0 Å². The number of thiophene rings is 1. The Labute approximate surface area is 133 Å². The Morgan fingerprint density at radius 3 is 2.65 bits per heavy atom. The van der Waals surface area contributed by atoms with Crippen molar-refractivity contribution < 1.29 is 4.79 Å². The van der Waals surface area contributed by atoms with E-state index in [1.807, 2.05) is 47.8 Å². The molecule has 2 nitrogen and oxygen atoms in total. The van der Waals surface area contributed by atoms with Crippen LogP contribution in [0, 0.1) is 0 Å². The van der Waals surface area contributed by atoms with E-state index in [4.69, 9.17) is 0 Å². The number of thiazole rings is 1. The third-order valence-corrected chi connectivity index (χ3v) is 5.46. The van der Waals surface area contributed by atoms with Gasteiger partial charge >= 0.3 is 0 Å². The molecule has 0 unspecified atom stereocenters. The number of halogens is 1. The van der Waals surface area contributed by atoms with Crippen LogP contribution in [0.25, 0.3) is 9.88 Å². The van der Waals surface area contributed by atoms with Crippen molar-refractivity contribution in [1.29, 1.82) is 0 Å². The quantitative estimate of drug-likeness (QED) is 0.606. The number of hydrogen-bond donors (Lipinski definition) is 0. The van der Waals surface area contributed by atoms with E-state index >= 15 is 0 Å². The van der Waals surface area contributed by atoms with E-state index in [1.165, 1.54) is 0 Å². The maximum absolute atomic E-state index is 12.1. The highest BCUT2D eigenvalue weighted by atomic mass is 79.9. The molecule has 0 amide bonds. The predicted molar refractivity (Wildman–Crippen MR) is 87.6 cm³/mol. The molecule has 0 atom stereocenters. The van der Waals surface area contributed by atoms with Gasteiger partial charge in [0.05, 0.1) is 20.8 Å².